The van der Waals surface area contributed by atoms with Gasteiger partial charge in [-0.2, -0.15) is 9.64 Å². The minimum absolute atomic E-state index is 0.0706. The monoisotopic (exact) mass is 356 g/mol. The topological polar surface area (TPSA) is 97.7 Å². The fourth-order valence-corrected chi connectivity index (χ4v) is 4.99. The molecule has 2 aliphatic rings. The summed E-state index contributed by atoms with van der Waals surface area (Å²) in [7, 11) is 0. The number of rotatable bonds is 3. The zero-order chi connectivity index (χ0) is 17.4. The molecule has 1 amide bonds. The largest absolute Gasteiger partial charge is 0.356 e. The summed E-state index contributed by atoms with van der Waals surface area (Å²) in [6.45, 7) is 2.80. The van der Waals surface area contributed by atoms with Crippen LogP contribution in [0.1, 0.15) is 47.4 Å². The van der Waals surface area contributed by atoms with E-state index in [4.69, 9.17) is 0 Å². The van der Waals surface area contributed by atoms with E-state index in [1.165, 1.54) is 17.9 Å². The second-order valence-corrected chi connectivity index (χ2v) is 7.59. The van der Waals surface area contributed by atoms with E-state index in [1.54, 1.807) is 6.20 Å². The van der Waals surface area contributed by atoms with Crippen LogP contribution in [0.25, 0.3) is 0 Å². The van der Waals surface area contributed by atoms with Gasteiger partial charge in [-0.25, -0.2) is 4.98 Å². The number of carbonyl (C=O) groups is 1. The molecule has 2 fully saturated rings. The summed E-state index contributed by atoms with van der Waals surface area (Å²) in [5.41, 5.74) is 1.95. The molecule has 7 nitrogen and oxygen atoms in total. The first-order valence-electron chi connectivity index (χ1n) is 8.59. The summed E-state index contributed by atoms with van der Waals surface area (Å²) in [5, 5.41) is 13.6. The number of aromatic nitrogens is 3. The van der Waals surface area contributed by atoms with Crippen molar-refractivity contribution in [2.24, 2.45) is 5.92 Å². The number of fused-ring (bicyclic) bond motifs is 2. The van der Waals surface area contributed by atoms with Crippen LogP contribution in [0.4, 0.5) is 5.00 Å². The highest BCUT2D eigenvalue weighted by atomic mass is 32.1. The van der Waals surface area contributed by atoms with Gasteiger partial charge < -0.3 is 15.2 Å². The second kappa shape index (κ2) is 6.48. The molecule has 2 N–H and O–H groups in total. The number of piperidine rings is 1. The molecule has 0 spiro atoms. The smallest absolute Gasteiger partial charge is 0.269 e. The van der Waals surface area contributed by atoms with Gasteiger partial charge in [0.25, 0.3) is 5.91 Å². The van der Waals surface area contributed by atoms with E-state index < -0.39 is 0 Å². The number of aromatic amines is 1. The van der Waals surface area contributed by atoms with Crippen LogP contribution < -0.4 is 10.2 Å². The molecular formula is C17H20N6OS. The Labute approximate surface area is 150 Å². The lowest BCUT2D eigenvalue weighted by molar-refractivity contribution is 0.0897. The predicted octanol–water partition coefficient (Wildman–Crippen LogP) is 2.22. The Balaban J connectivity index is 1.59. The Morgan fingerprint density at radius 2 is 2.36 bits per heavy atom. The third-order valence-electron chi connectivity index (χ3n) is 5.38. The van der Waals surface area contributed by atoms with Crippen molar-refractivity contribution in [3.05, 3.63) is 29.5 Å². The fourth-order valence-electron chi connectivity index (χ4n) is 4.05. The van der Waals surface area contributed by atoms with Crippen LogP contribution >= 0.6 is 11.5 Å². The van der Waals surface area contributed by atoms with Gasteiger partial charge in [-0.1, -0.05) is 0 Å². The molecule has 0 aromatic carbocycles. The number of nitrogens with one attached hydrogen (secondary N) is 2. The first kappa shape index (κ1) is 16.1. The summed E-state index contributed by atoms with van der Waals surface area (Å²) < 4.78 is 4.37. The maximum Gasteiger partial charge on any atom is 0.269 e. The van der Waals surface area contributed by atoms with Crippen molar-refractivity contribution < 1.29 is 4.79 Å². The normalized spacial score (nSPS) is 25.4. The van der Waals surface area contributed by atoms with Crippen LogP contribution in [0.5, 0.6) is 0 Å². The SMILES string of the molecule is Cc1nsc(N2CCC3CCC(NC(=O)c4cnc[nH]4)C2C3)c1C#N. The van der Waals surface area contributed by atoms with Gasteiger partial charge in [0.2, 0.25) is 0 Å². The molecule has 8 heteroatoms. The number of nitrogens with zero attached hydrogens (tertiary/aromatic N) is 4. The molecule has 3 heterocycles. The number of carbonyl (C=O) groups excluding carboxylic acids is 1. The van der Waals surface area contributed by atoms with Gasteiger partial charge in [0.15, 0.2) is 0 Å². The zero-order valence-electron chi connectivity index (χ0n) is 14.0. The quantitative estimate of drug-likeness (QED) is 0.879. The Kier molecular flexibility index (Phi) is 4.17. The maximum atomic E-state index is 12.4. The van der Waals surface area contributed by atoms with Crippen molar-refractivity contribution in [3.8, 4) is 6.07 Å². The molecule has 3 atom stereocenters. The van der Waals surface area contributed by atoms with Crippen molar-refractivity contribution in [3.63, 3.8) is 0 Å². The van der Waals surface area contributed by atoms with Crippen LogP contribution in [-0.4, -0.2) is 38.9 Å². The number of imidazole rings is 1. The van der Waals surface area contributed by atoms with Gasteiger partial charge in [-0.05, 0) is 50.1 Å². The van der Waals surface area contributed by atoms with Crippen LogP contribution in [0.3, 0.4) is 0 Å². The van der Waals surface area contributed by atoms with Crippen molar-refractivity contribution in [1.29, 1.82) is 5.26 Å². The van der Waals surface area contributed by atoms with Crippen molar-refractivity contribution in [2.75, 3.05) is 11.4 Å². The average Bonchev–Trinajstić information content (AvgIpc) is 3.27. The van der Waals surface area contributed by atoms with Crippen LogP contribution in [-0.2, 0) is 0 Å². The maximum absolute atomic E-state index is 12.4. The van der Waals surface area contributed by atoms with Gasteiger partial charge >= 0.3 is 0 Å². The van der Waals surface area contributed by atoms with Crippen LogP contribution in [0.15, 0.2) is 12.5 Å². The molecule has 25 heavy (non-hydrogen) atoms. The summed E-state index contributed by atoms with van der Waals surface area (Å²) in [6.07, 6.45) is 7.35. The summed E-state index contributed by atoms with van der Waals surface area (Å²) in [5.74, 6) is 0.591. The van der Waals surface area contributed by atoms with E-state index in [9.17, 15) is 10.1 Å². The first-order chi connectivity index (χ1) is 12.2. The van der Waals surface area contributed by atoms with E-state index in [2.05, 4.69) is 30.6 Å². The number of nitriles is 1. The summed E-state index contributed by atoms with van der Waals surface area (Å²) in [6, 6.07) is 2.58. The van der Waals surface area contributed by atoms with Crippen molar-refractivity contribution in [1.82, 2.24) is 19.7 Å². The molecule has 1 aliphatic heterocycles. The van der Waals surface area contributed by atoms with E-state index >= 15 is 0 Å². The van der Waals surface area contributed by atoms with Crippen molar-refractivity contribution >= 4 is 22.4 Å². The third-order valence-corrected chi connectivity index (χ3v) is 6.36. The molecule has 130 valence electrons. The van der Waals surface area contributed by atoms with Gasteiger partial charge in [0.1, 0.15) is 22.3 Å². The van der Waals surface area contributed by atoms with Gasteiger partial charge in [-0.3, -0.25) is 4.79 Å². The van der Waals surface area contributed by atoms with Crippen LogP contribution in [0, 0.1) is 24.2 Å². The van der Waals surface area contributed by atoms with Gasteiger partial charge in [0.05, 0.1) is 24.3 Å². The minimum Gasteiger partial charge on any atom is -0.356 e. The number of aryl methyl sites for hydroxylation is 1. The highest BCUT2D eigenvalue weighted by molar-refractivity contribution is 7.10. The lowest BCUT2D eigenvalue weighted by Crippen LogP contribution is -2.58. The minimum atomic E-state index is -0.118. The van der Waals surface area contributed by atoms with E-state index in [1.807, 2.05) is 6.92 Å². The molecule has 2 bridgehead atoms. The molecule has 1 saturated heterocycles. The molecule has 2 aromatic heterocycles. The average molecular weight is 356 g/mol. The van der Waals surface area contributed by atoms with Crippen LogP contribution in [0.2, 0.25) is 0 Å². The summed E-state index contributed by atoms with van der Waals surface area (Å²) in [4.78, 5) is 21.5. The Morgan fingerprint density at radius 3 is 3.12 bits per heavy atom. The Hall–Kier alpha value is -2.40. The predicted molar refractivity (Wildman–Crippen MR) is 94.5 cm³/mol. The van der Waals surface area contributed by atoms with E-state index in [-0.39, 0.29) is 18.0 Å². The first-order valence-corrected chi connectivity index (χ1v) is 9.37. The Morgan fingerprint density at radius 1 is 1.48 bits per heavy atom. The molecule has 4 rings (SSSR count). The standard InChI is InChI=1S/C17H20N6OS/c1-10-12(7-18)17(25-22-10)23-5-4-11-2-3-13(15(23)6-11)21-16(24)14-8-19-9-20-14/h8-9,11,13,15H,2-6H2,1H3,(H,19,20)(H,21,24). The number of hydrogen-bond donors (Lipinski definition) is 2. The second-order valence-electron chi connectivity index (χ2n) is 6.83. The molecule has 1 aliphatic carbocycles. The lowest BCUT2D eigenvalue weighted by Gasteiger charge is -2.48. The number of amides is 1. The highest BCUT2D eigenvalue weighted by Gasteiger charge is 2.40. The molecule has 1 saturated carbocycles. The van der Waals surface area contributed by atoms with E-state index in [0.29, 0.717) is 17.2 Å². The van der Waals surface area contributed by atoms with Gasteiger partial charge in [-0.15, -0.1) is 0 Å². The molecular weight excluding hydrogens is 336 g/mol. The number of hydrogen-bond acceptors (Lipinski definition) is 6. The number of anilines is 1. The molecule has 0 radical (unpaired) electrons. The van der Waals surface area contributed by atoms with Gasteiger partial charge in [0, 0.05) is 12.6 Å². The lowest BCUT2D eigenvalue weighted by atomic mass is 9.77. The summed E-state index contributed by atoms with van der Waals surface area (Å²) >= 11 is 1.39. The molecule has 2 aromatic rings. The zero-order valence-corrected chi connectivity index (χ0v) is 14.8. The van der Waals surface area contributed by atoms with E-state index in [0.717, 1.165) is 42.9 Å². The number of H-pyrrole nitrogens is 1. The Bertz CT molecular complexity index is 808. The third kappa shape index (κ3) is 2.89. The highest BCUT2D eigenvalue weighted by Crippen LogP contribution is 2.40. The molecule has 3 unspecified atom stereocenters. The van der Waals surface area contributed by atoms with Crippen molar-refractivity contribution in [2.45, 2.75) is 44.7 Å². The fraction of sp³-hybridized carbons (Fsp3) is 0.529.